The summed E-state index contributed by atoms with van der Waals surface area (Å²) >= 11 is 1.44. The van der Waals surface area contributed by atoms with Crippen LogP contribution in [0.4, 0.5) is 0 Å². The van der Waals surface area contributed by atoms with E-state index in [2.05, 4.69) is 34.7 Å². The Morgan fingerprint density at radius 3 is 2.20 bits per heavy atom. The van der Waals surface area contributed by atoms with Gasteiger partial charge in [-0.15, -0.1) is 11.3 Å². The van der Waals surface area contributed by atoms with Crippen LogP contribution in [-0.2, 0) is 16.0 Å². The molecule has 2 aromatic carbocycles. The van der Waals surface area contributed by atoms with Gasteiger partial charge in [-0.2, -0.15) is 0 Å². The lowest BCUT2D eigenvalue weighted by Crippen LogP contribution is -2.63. The van der Waals surface area contributed by atoms with E-state index in [-0.39, 0.29) is 17.7 Å². The molecule has 3 aromatic rings. The molecule has 0 spiro atoms. The molecular formula is C36H50N4O3S. The summed E-state index contributed by atoms with van der Waals surface area (Å²) in [6, 6.07) is 18.9. The zero-order valence-corrected chi connectivity index (χ0v) is 27.4. The Morgan fingerprint density at radius 1 is 0.864 bits per heavy atom. The lowest BCUT2D eigenvalue weighted by molar-refractivity contribution is -0.133. The number of amides is 3. The summed E-state index contributed by atoms with van der Waals surface area (Å²) in [4.78, 5) is 44.2. The summed E-state index contributed by atoms with van der Waals surface area (Å²) in [5.41, 5.74) is -0.0648. The number of thiophene rings is 1. The van der Waals surface area contributed by atoms with E-state index < -0.39 is 11.6 Å². The molecule has 1 atom stereocenters. The lowest BCUT2D eigenvalue weighted by Gasteiger charge is -2.37. The number of benzene rings is 2. The Labute approximate surface area is 267 Å². The molecule has 1 heterocycles. The summed E-state index contributed by atoms with van der Waals surface area (Å²) in [5, 5.41) is 10.4. The van der Waals surface area contributed by atoms with Crippen LogP contribution in [-0.4, -0.2) is 60.4 Å². The van der Waals surface area contributed by atoms with Gasteiger partial charge in [0, 0.05) is 17.7 Å². The summed E-state index contributed by atoms with van der Waals surface area (Å²) < 4.78 is 1.04. The van der Waals surface area contributed by atoms with Crippen molar-refractivity contribution in [1.29, 1.82) is 0 Å². The molecule has 0 aliphatic heterocycles. The van der Waals surface area contributed by atoms with Crippen molar-refractivity contribution in [2.45, 2.75) is 96.1 Å². The topological polar surface area (TPSA) is 90.5 Å². The maximum absolute atomic E-state index is 14.1. The smallest absolute Gasteiger partial charge is 0.262 e. The first-order valence-electron chi connectivity index (χ1n) is 16.6. The summed E-state index contributed by atoms with van der Waals surface area (Å²) in [6.07, 6.45) is 9.79. The predicted octanol–water partition coefficient (Wildman–Crippen LogP) is 6.47. The molecule has 0 saturated heterocycles. The van der Waals surface area contributed by atoms with Gasteiger partial charge in [-0.3, -0.25) is 14.4 Å². The second-order valence-electron chi connectivity index (χ2n) is 12.2. The van der Waals surface area contributed by atoms with E-state index in [0.29, 0.717) is 30.7 Å². The number of unbranched alkanes of at least 4 members (excludes halogenated alkanes) is 2. The van der Waals surface area contributed by atoms with Gasteiger partial charge in [0.25, 0.3) is 5.91 Å². The fourth-order valence-corrected chi connectivity index (χ4v) is 6.99. The first-order valence-corrected chi connectivity index (χ1v) is 17.4. The molecule has 1 aromatic heterocycles. The van der Waals surface area contributed by atoms with Gasteiger partial charge in [0.1, 0.15) is 11.6 Å². The van der Waals surface area contributed by atoms with Crippen LogP contribution in [0.15, 0.2) is 60.7 Å². The average Bonchev–Trinajstić information content (AvgIpc) is 3.49. The van der Waals surface area contributed by atoms with Crippen LogP contribution in [0.2, 0.25) is 0 Å². The first-order chi connectivity index (χ1) is 21.4. The quantitative estimate of drug-likeness (QED) is 0.151. The largest absolute Gasteiger partial charge is 0.354 e. The van der Waals surface area contributed by atoms with E-state index in [4.69, 9.17) is 0 Å². The average molecular weight is 619 g/mol. The van der Waals surface area contributed by atoms with Gasteiger partial charge in [0.05, 0.1) is 4.88 Å². The number of hydrogen-bond acceptors (Lipinski definition) is 5. The van der Waals surface area contributed by atoms with Crippen molar-refractivity contribution in [2.24, 2.45) is 0 Å². The van der Waals surface area contributed by atoms with E-state index in [1.165, 1.54) is 37.0 Å². The molecule has 4 rings (SSSR count). The van der Waals surface area contributed by atoms with Crippen molar-refractivity contribution >= 4 is 39.1 Å². The number of rotatable bonds is 17. The summed E-state index contributed by atoms with van der Waals surface area (Å²) in [7, 11) is 0. The van der Waals surface area contributed by atoms with E-state index >= 15 is 0 Å². The highest BCUT2D eigenvalue weighted by Gasteiger charge is 2.42. The molecule has 1 fully saturated rings. The monoisotopic (exact) mass is 618 g/mol. The van der Waals surface area contributed by atoms with Gasteiger partial charge in [-0.1, -0.05) is 94.5 Å². The third kappa shape index (κ3) is 9.63. The minimum Gasteiger partial charge on any atom is -0.354 e. The normalized spacial score (nSPS) is 15.2. The van der Waals surface area contributed by atoms with E-state index in [1.807, 2.05) is 60.7 Å². The predicted molar refractivity (Wildman–Crippen MR) is 181 cm³/mol. The van der Waals surface area contributed by atoms with Crippen LogP contribution in [0.25, 0.3) is 10.1 Å². The molecule has 3 N–H and O–H groups in total. The van der Waals surface area contributed by atoms with Crippen LogP contribution in [0.3, 0.4) is 0 Å². The molecule has 1 aliphatic carbocycles. The molecule has 44 heavy (non-hydrogen) atoms. The van der Waals surface area contributed by atoms with Gasteiger partial charge < -0.3 is 20.9 Å². The van der Waals surface area contributed by atoms with Crippen LogP contribution in [0.1, 0.15) is 93.3 Å². The van der Waals surface area contributed by atoms with Gasteiger partial charge in [-0.25, -0.2) is 0 Å². The van der Waals surface area contributed by atoms with Crippen LogP contribution < -0.4 is 16.0 Å². The Kier molecular flexibility index (Phi) is 13.2. The lowest BCUT2D eigenvalue weighted by atomic mass is 9.80. The van der Waals surface area contributed by atoms with Crippen molar-refractivity contribution in [3.05, 3.63) is 71.1 Å². The van der Waals surface area contributed by atoms with Crippen molar-refractivity contribution < 1.29 is 14.4 Å². The second kappa shape index (κ2) is 17.3. The third-order valence-corrected chi connectivity index (χ3v) is 9.77. The molecule has 7 nitrogen and oxygen atoms in total. The molecule has 238 valence electrons. The minimum absolute atomic E-state index is 0.183. The van der Waals surface area contributed by atoms with Crippen LogP contribution in [0.5, 0.6) is 0 Å². The summed E-state index contributed by atoms with van der Waals surface area (Å²) in [6.45, 7) is 8.11. The van der Waals surface area contributed by atoms with Gasteiger partial charge in [-0.05, 0) is 74.8 Å². The van der Waals surface area contributed by atoms with Crippen molar-refractivity contribution in [3.63, 3.8) is 0 Å². The highest BCUT2D eigenvalue weighted by Crippen LogP contribution is 2.31. The molecule has 1 aliphatic rings. The van der Waals surface area contributed by atoms with Crippen molar-refractivity contribution in [2.75, 3.05) is 26.2 Å². The zero-order chi connectivity index (χ0) is 31.2. The van der Waals surface area contributed by atoms with Gasteiger partial charge in [0.2, 0.25) is 11.8 Å². The fourth-order valence-electron chi connectivity index (χ4n) is 6.03. The van der Waals surface area contributed by atoms with Crippen LogP contribution in [0, 0.1) is 0 Å². The SMILES string of the molecule is CCCCN(CCCC)CCCNC(=O)[C@@H](Cc1ccccc1)NC(=O)C1(NC(=O)c2cc3ccccc3s2)CCCCC1. The molecular weight excluding hydrogens is 568 g/mol. The number of carbonyl (C=O) groups excluding carboxylic acids is 3. The second-order valence-corrected chi connectivity index (χ2v) is 13.2. The van der Waals surface area contributed by atoms with E-state index in [9.17, 15) is 14.4 Å². The number of nitrogens with one attached hydrogen (secondary N) is 3. The Morgan fingerprint density at radius 2 is 1.52 bits per heavy atom. The Balaban J connectivity index is 1.43. The fraction of sp³-hybridized carbons (Fsp3) is 0.528. The maximum Gasteiger partial charge on any atom is 0.262 e. The number of carbonyl (C=O) groups is 3. The Hall–Kier alpha value is -3.23. The van der Waals surface area contributed by atoms with E-state index in [1.54, 1.807) is 0 Å². The first kappa shape index (κ1) is 33.7. The van der Waals surface area contributed by atoms with Gasteiger partial charge >= 0.3 is 0 Å². The zero-order valence-electron chi connectivity index (χ0n) is 26.5. The number of fused-ring (bicyclic) bond motifs is 1. The molecule has 1 saturated carbocycles. The molecule has 0 bridgehead atoms. The van der Waals surface area contributed by atoms with E-state index in [0.717, 1.165) is 61.0 Å². The molecule has 8 heteroatoms. The Bertz CT molecular complexity index is 1290. The minimum atomic E-state index is -1.04. The number of nitrogens with zero attached hydrogens (tertiary/aromatic N) is 1. The molecule has 0 unspecified atom stereocenters. The highest BCUT2D eigenvalue weighted by molar-refractivity contribution is 7.20. The standard InChI is InChI=1S/C36H50N4O3S/c1-3-5-23-40(24-6-4-2)25-15-22-37-33(41)30(26-28-16-9-7-10-17-28)38-35(43)36(20-13-8-14-21-36)39-34(42)32-27-29-18-11-12-19-31(29)44-32/h7,9-12,16-19,27,30H,3-6,8,13-15,20-26H2,1-2H3,(H,37,41)(H,38,43)(H,39,42)/t30-/m1/s1. The molecule has 3 amide bonds. The summed E-state index contributed by atoms with van der Waals surface area (Å²) in [5.74, 6) is -0.686. The maximum atomic E-state index is 14.1. The van der Waals surface area contributed by atoms with Crippen molar-refractivity contribution in [3.8, 4) is 0 Å². The highest BCUT2D eigenvalue weighted by atomic mass is 32.1. The van der Waals surface area contributed by atoms with Gasteiger partial charge in [0.15, 0.2) is 0 Å². The number of hydrogen-bond donors (Lipinski definition) is 3. The molecule has 0 radical (unpaired) electrons. The third-order valence-electron chi connectivity index (χ3n) is 8.65. The van der Waals surface area contributed by atoms with Crippen LogP contribution >= 0.6 is 11.3 Å². The van der Waals surface area contributed by atoms with Crippen molar-refractivity contribution in [1.82, 2.24) is 20.9 Å².